The molecule has 0 aromatic rings. The number of alkyl halides is 1. The maximum absolute atomic E-state index is 8.83. The molecule has 1 saturated carbocycles. The first-order valence-electron chi connectivity index (χ1n) is 5.68. The van der Waals surface area contributed by atoms with Crippen LogP contribution < -0.4 is 0 Å². The number of nitrogens with zero attached hydrogens (tertiary/aromatic N) is 1. The predicted molar refractivity (Wildman–Crippen MR) is 60.8 cm³/mol. The van der Waals surface area contributed by atoms with Crippen molar-refractivity contribution < 1.29 is 5.11 Å². The topological polar surface area (TPSA) is 23.5 Å². The zero-order valence-corrected chi connectivity index (χ0v) is 9.84. The predicted octanol–water partition coefficient (Wildman–Crippen LogP) is 2.10. The molecule has 0 amide bonds. The molecule has 1 rings (SSSR count). The van der Waals surface area contributed by atoms with Gasteiger partial charge in [0.2, 0.25) is 0 Å². The highest BCUT2D eigenvalue weighted by Gasteiger charge is 2.25. The van der Waals surface area contributed by atoms with Crippen molar-refractivity contribution in [2.45, 2.75) is 38.6 Å². The van der Waals surface area contributed by atoms with Gasteiger partial charge >= 0.3 is 0 Å². The molecule has 1 unspecified atom stereocenters. The van der Waals surface area contributed by atoms with Gasteiger partial charge in [0.15, 0.2) is 0 Å². The third kappa shape index (κ3) is 3.76. The fourth-order valence-corrected chi connectivity index (χ4v) is 2.00. The fraction of sp³-hybridized carbons (Fsp3) is 1.00. The van der Waals surface area contributed by atoms with E-state index < -0.39 is 0 Å². The molecule has 0 aliphatic heterocycles. The summed E-state index contributed by atoms with van der Waals surface area (Å²) in [6.07, 6.45) is 4.93. The Balaban J connectivity index is 2.27. The Morgan fingerprint density at radius 3 is 2.64 bits per heavy atom. The van der Waals surface area contributed by atoms with Crippen molar-refractivity contribution in [1.29, 1.82) is 0 Å². The molecule has 0 saturated heterocycles. The van der Waals surface area contributed by atoms with Crippen molar-refractivity contribution in [1.82, 2.24) is 4.90 Å². The van der Waals surface area contributed by atoms with Crippen LogP contribution >= 0.6 is 11.6 Å². The van der Waals surface area contributed by atoms with Crippen molar-refractivity contribution in [3.63, 3.8) is 0 Å². The third-order valence-corrected chi connectivity index (χ3v) is 3.53. The Bertz CT molecular complexity index is 150. The van der Waals surface area contributed by atoms with Gasteiger partial charge in [-0.3, -0.25) is 4.90 Å². The largest absolute Gasteiger partial charge is 0.396 e. The molecule has 1 fully saturated rings. The minimum atomic E-state index is 0.304. The van der Waals surface area contributed by atoms with Crippen molar-refractivity contribution in [2.75, 3.05) is 25.6 Å². The first kappa shape index (κ1) is 12.3. The first-order valence-corrected chi connectivity index (χ1v) is 6.22. The Kier molecular flexibility index (Phi) is 5.83. The lowest BCUT2D eigenvalue weighted by atomic mass is 9.90. The van der Waals surface area contributed by atoms with Crippen LogP contribution in [0.2, 0.25) is 0 Å². The highest BCUT2D eigenvalue weighted by Crippen LogP contribution is 2.25. The summed E-state index contributed by atoms with van der Waals surface area (Å²) < 4.78 is 0. The van der Waals surface area contributed by atoms with Gasteiger partial charge in [-0.2, -0.15) is 0 Å². The number of aliphatic hydroxyl groups excluding tert-OH is 1. The van der Waals surface area contributed by atoms with Gasteiger partial charge in [-0.15, -0.1) is 11.6 Å². The quantitative estimate of drug-likeness (QED) is 0.663. The van der Waals surface area contributed by atoms with E-state index in [4.69, 9.17) is 16.7 Å². The van der Waals surface area contributed by atoms with Crippen LogP contribution in [0, 0.1) is 5.92 Å². The Morgan fingerprint density at radius 2 is 2.21 bits per heavy atom. The molecule has 0 spiro atoms. The maximum atomic E-state index is 8.83. The minimum Gasteiger partial charge on any atom is -0.396 e. The molecule has 1 N–H and O–H groups in total. The Hall–Kier alpha value is 0.210. The Labute approximate surface area is 92.2 Å². The molecule has 2 nitrogen and oxygen atoms in total. The number of hydrogen-bond donors (Lipinski definition) is 1. The van der Waals surface area contributed by atoms with Crippen LogP contribution in [0.1, 0.15) is 32.6 Å². The van der Waals surface area contributed by atoms with Crippen LogP contribution in [-0.4, -0.2) is 41.6 Å². The highest BCUT2D eigenvalue weighted by atomic mass is 35.5. The number of halogens is 1. The molecular formula is C11H22ClNO. The molecular weight excluding hydrogens is 198 g/mol. The van der Waals surface area contributed by atoms with E-state index in [0.29, 0.717) is 12.5 Å². The average Bonchev–Trinajstić information content (AvgIpc) is 2.11. The molecule has 1 atom stereocenters. The van der Waals surface area contributed by atoms with Gasteiger partial charge in [-0.25, -0.2) is 0 Å². The summed E-state index contributed by atoms with van der Waals surface area (Å²) in [7, 11) is 0. The lowest BCUT2D eigenvalue weighted by Gasteiger charge is -2.38. The number of hydrogen-bond acceptors (Lipinski definition) is 2. The van der Waals surface area contributed by atoms with E-state index in [2.05, 4.69) is 11.8 Å². The first-order chi connectivity index (χ1) is 6.77. The van der Waals surface area contributed by atoms with E-state index in [9.17, 15) is 0 Å². The van der Waals surface area contributed by atoms with Crippen molar-refractivity contribution in [3.05, 3.63) is 0 Å². The lowest BCUT2D eigenvalue weighted by molar-refractivity contribution is 0.104. The van der Waals surface area contributed by atoms with Crippen LogP contribution in [-0.2, 0) is 0 Å². The van der Waals surface area contributed by atoms with Crippen LogP contribution in [0.25, 0.3) is 0 Å². The molecule has 3 heteroatoms. The Morgan fingerprint density at radius 1 is 1.50 bits per heavy atom. The summed E-state index contributed by atoms with van der Waals surface area (Å²) in [5.74, 6) is 1.30. The molecule has 1 aliphatic rings. The smallest absolute Gasteiger partial charge is 0.0443 e. The van der Waals surface area contributed by atoms with Gasteiger partial charge in [0, 0.05) is 31.6 Å². The minimum absolute atomic E-state index is 0.304. The molecule has 0 heterocycles. The SMILES string of the molecule is CC(CCl)CN(CCCO)C1CCC1. The van der Waals surface area contributed by atoms with Crippen molar-refractivity contribution in [3.8, 4) is 0 Å². The molecule has 0 bridgehead atoms. The second kappa shape index (κ2) is 6.65. The normalized spacial score (nSPS) is 19.7. The van der Waals surface area contributed by atoms with E-state index >= 15 is 0 Å². The summed E-state index contributed by atoms with van der Waals surface area (Å²) >= 11 is 5.82. The van der Waals surface area contributed by atoms with E-state index in [1.165, 1.54) is 19.3 Å². The maximum Gasteiger partial charge on any atom is 0.0443 e. The van der Waals surface area contributed by atoms with Crippen molar-refractivity contribution >= 4 is 11.6 Å². The zero-order chi connectivity index (χ0) is 10.4. The van der Waals surface area contributed by atoms with Crippen LogP contribution in [0.15, 0.2) is 0 Å². The molecule has 1 aliphatic carbocycles. The van der Waals surface area contributed by atoms with Crippen LogP contribution in [0.5, 0.6) is 0 Å². The van der Waals surface area contributed by atoms with Gasteiger partial charge in [-0.1, -0.05) is 13.3 Å². The van der Waals surface area contributed by atoms with E-state index in [0.717, 1.165) is 31.4 Å². The van der Waals surface area contributed by atoms with E-state index in [1.807, 2.05) is 0 Å². The van der Waals surface area contributed by atoms with Crippen LogP contribution in [0.3, 0.4) is 0 Å². The molecule has 0 aromatic heterocycles. The zero-order valence-electron chi connectivity index (χ0n) is 9.08. The van der Waals surface area contributed by atoms with Gasteiger partial charge in [-0.05, 0) is 25.2 Å². The summed E-state index contributed by atoms with van der Waals surface area (Å²) in [6, 6.07) is 0.771. The van der Waals surface area contributed by atoms with Gasteiger partial charge in [0.05, 0.1) is 0 Å². The summed E-state index contributed by atoms with van der Waals surface area (Å²) in [5.41, 5.74) is 0. The van der Waals surface area contributed by atoms with Crippen molar-refractivity contribution in [2.24, 2.45) is 5.92 Å². The standard InChI is InChI=1S/C11H22ClNO/c1-10(8-12)9-13(6-3-7-14)11-4-2-5-11/h10-11,14H,2-9H2,1H3. The number of aliphatic hydroxyl groups is 1. The highest BCUT2D eigenvalue weighted by molar-refractivity contribution is 6.18. The van der Waals surface area contributed by atoms with Gasteiger partial charge < -0.3 is 5.11 Å². The summed E-state index contributed by atoms with van der Waals surface area (Å²) in [4.78, 5) is 2.51. The van der Waals surface area contributed by atoms with Crippen LogP contribution in [0.4, 0.5) is 0 Å². The third-order valence-electron chi connectivity index (χ3n) is 3.00. The van der Waals surface area contributed by atoms with E-state index in [-0.39, 0.29) is 0 Å². The number of rotatable bonds is 7. The molecule has 0 radical (unpaired) electrons. The molecule has 0 aromatic carbocycles. The summed E-state index contributed by atoms with van der Waals surface area (Å²) in [5, 5.41) is 8.83. The molecule has 14 heavy (non-hydrogen) atoms. The lowest BCUT2D eigenvalue weighted by Crippen LogP contribution is -2.43. The van der Waals surface area contributed by atoms with Gasteiger partial charge in [0.1, 0.15) is 0 Å². The average molecular weight is 220 g/mol. The second-order valence-corrected chi connectivity index (χ2v) is 4.72. The van der Waals surface area contributed by atoms with Gasteiger partial charge in [0.25, 0.3) is 0 Å². The fourth-order valence-electron chi connectivity index (χ4n) is 1.90. The monoisotopic (exact) mass is 219 g/mol. The van der Waals surface area contributed by atoms with E-state index in [1.54, 1.807) is 0 Å². The summed E-state index contributed by atoms with van der Waals surface area (Å²) in [6.45, 7) is 4.62. The molecule has 84 valence electrons. The second-order valence-electron chi connectivity index (χ2n) is 4.42.